The van der Waals surface area contributed by atoms with Crippen molar-refractivity contribution in [2.75, 3.05) is 46.4 Å². The van der Waals surface area contributed by atoms with E-state index in [0.717, 1.165) is 18.7 Å². The molecule has 0 saturated carbocycles. The molecule has 32 heavy (non-hydrogen) atoms. The van der Waals surface area contributed by atoms with Gasteiger partial charge in [0.2, 0.25) is 5.91 Å². The fraction of sp³-hybridized carbons (Fsp3) is 0.440. The third kappa shape index (κ3) is 5.01. The number of morpholine rings is 1. The summed E-state index contributed by atoms with van der Waals surface area (Å²) in [5.74, 6) is -0.619. The van der Waals surface area contributed by atoms with Crippen molar-refractivity contribution in [1.29, 1.82) is 0 Å². The Morgan fingerprint density at radius 1 is 1.00 bits per heavy atom. The number of rotatable bonds is 6. The summed E-state index contributed by atoms with van der Waals surface area (Å²) in [6, 6.07) is 19.4. The van der Waals surface area contributed by atoms with Crippen molar-refractivity contribution in [3.05, 3.63) is 71.8 Å². The molecular formula is C25H32N4O3. The summed E-state index contributed by atoms with van der Waals surface area (Å²) in [6.45, 7) is 4.01. The molecule has 2 aliphatic rings. The summed E-state index contributed by atoms with van der Waals surface area (Å²) >= 11 is 0. The SMILES string of the molecule is CN1CCO[C@@](Cc2ccccc2)(C(=O)N2CCN(Cc3ccccc3)C[C@H]2C(N)=O)C1. The molecule has 2 aromatic carbocycles. The Labute approximate surface area is 189 Å². The van der Waals surface area contributed by atoms with Crippen LogP contribution < -0.4 is 5.73 Å². The van der Waals surface area contributed by atoms with Gasteiger partial charge in [-0.2, -0.15) is 0 Å². The Kier molecular flexibility index (Phi) is 6.89. The number of hydrogen-bond acceptors (Lipinski definition) is 5. The lowest BCUT2D eigenvalue weighted by atomic mass is 9.89. The Morgan fingerprint density at radius 2 is 1.66 bits per heavy atom. The van der Waals surface area contributed by atoms with Crippen molar-refractivity contribution >= 4 is 11.8 Å². The number of nitrogens with two attached hydrogens (primary N) is 1. The molecular weight excluding hydrogens is 404 g/mol. The second kappa shape index (κ2) is 9.81. The number of benzene rings is 2. The van der Waals surface area contributed by atoms with E-state index in [1.165, 1.54) is 5.56 Å². The van der Waals surface area contributed by atoms with Crippen molar-refractivity contribution < 1.29 is 14.3 Å². The molecule has 2 saturated heterocycles. The second-order valence-electron chi connectivity index (χ2n) is 8.88. The molecule has 2 N–H and O–H groups in total. The summed E-state index contributed by atoms with van der Waals surface area (Å²) in [5.41, 5.74) is 6.98. The van der Waals surface area contributed by atoms with Crippen LogP contribution in [0.3, 0.4) is 0 Å². The Bertz CT molecular complexity index is 923. The van der Waals surface area contributed by atoms with Gasteiger partial charge in [0, 0.05) is 45.7 Å². The molecule has 7 nitrogen and oxygen atoms in total. The minimum Gasteiger partial charge on any atom is -0.368 e. The molecule has 4 rings (SSSR count). The Hall–Kier alpha value is -2.74. The zero-order chi connectivity index (χ0) is 22.6. The lowest BCUT2D eigenvalue weighted by Crippen LogP contribution is -2.67. The van der Waals surface area contributed by atoms with Crippen LogP contribution >= 0.6 is 0 Å². The van der Waals surface area contributed by atoms with Crippen LogP contribution in [0.25, 0.3) is 0 Å². The largest absolute Gasteiger partial charge is 0.368 e. The maximum Gasteiger partial charge on any atom is 0.257 e. The van der Waals surface area contributed by atoms with Gasteiger partial charge in [-0.3, -0.25) is 14.5 Å². The first-order chi connectivity index (χ1) is 15.5. The molecule has 0 aromatic heterocycles. The van der Waals surface area contributed by atoms with Crippen LogP contribution in [0.4, 0.5) is 0 Å². The highest BCUT2D eigenvalue weighted by Gasteiger charge is 2.48. The lowest BCUT2D eigenvalue weighted by molar-refractivity contribution is -0.175. The number of likely N-dealkylation sites (N-methyl/N-ethyl adjacent to an activating group) is 1. The van der Waals surface area contributed by atoms with Gasteiger partial charge in [0.05, 0.1) is 6.61 Å². The Balaban J connectivity index is 1.55. The van der Waals surface area contributed by atoms with Crippen LogP contribution in [0.2, 0.25) is 0 Å². The minimum absolute atomic E-state index is 0.143. The predicted octanol–water partition coefficient (Wildman–Crippen LogP) is 1.13. The van der Waals surface area contributed by atoms with E-state index in [0.29, 0.717) is 39.2 Å². The van der Waals surface area contributed by atoms with E-state index >= 15 is 0 Å². The fourth-order valence-electron chi connectivity index (χ4n) is 4.77. The maximum absolute atomic E-state index is 14.0. The molecule has 0 spiro atoms. The molecule has 2 heterocycles. The van der Waals surface area contributed by atoms with Crippen molar-refractivity contribution in [2.24, 2.45) is 5.73 Å². The number of nitrogens with zero attached hydrogens (tertiary/aromatic N) is 3. The van der Waals surface area contributed by atoms with Crippen molar-refractivity contribution in [3.63, 3.8) is 0 Å². The van der Waals surface area contributed by atoms with Gasteiger partial charge in [-0.15, -0.1) is 0 Å². The predicted molar refractivity (Wildman–Crippen MR) is 123 cm³/mol. The van der Waals surface area contributed by atoms with Gasteiger partial charge in [-0.25, -0.2) is 0 Å². The number of carbonyl (C=O) groups is 2. The number of ether oxygens (including phenoxy) is 1. The van der Waals surface area contributed by atoms with E-state index < -0.39 is 17.6 Å². The van der Waals surface area contributed by atoms with E-state index in [9.17, 15) is 9.59 Å². The molecule has 0 unspecified atom stereocenters. The average Bonchev–Trinajstić information content (AvgIpc) is 2.80. The van der Waals surface area contributed by atoms with Gasteiger partial charge >= 0.3 is 0 Å². The van der Waals surface area contributed by atoms with Gasteiger partial charge in [0.1, 0.15) is 6.04 Å². The first kappa shape index (κ1) is 22.5. The van der Waals surface area contributed by atoms with Crippen LogP contribution in [0.15, 0.2) is 60.7 Å². The van der Waals surface area contributed by atoms with Crippen LogP contribution in [0.1, 0.15) is 11.1 Å². The van der Waals surface area contributed by atoms with Crippen LogP contribution in [-0.4, -0.2) is 84.5 Å². The van der Waals surface area contributed by atoms with Gasteiger partial charge in [0.15, 0.2) is 5.60 Å². The van der Waals surface area contributed by atoms with Crippen LogP contribution in [0, 0.1) is 0 Å². The van der Waals surface area contributed by atoms with E-state index in [1.54, 1.807) is 4.90 Å². The molecule has 7 heteroatoms. The first-order valence-electron chi connectivity index (χ1n) is 11.2. The van der Waals surface area contributed by atoms with Crippen LogP contribution in [0.5, 0.6) is 0 Å². The molecule has 170 valence electrons. The first-order valence-corrected chi connectivity index (χ1v) is 11.2. The zero-order valence-corrected chi connectivity index (χ0v) is 18.7. The number of carbonyl (C=O) groups excluding carboxylic acids is 2. The molecule has 2 fully saturated rings. The van der Waals surface area contributed by atoms with E-state index in [4.69, 9.17) is 10.5 Å². The fourth-order valence-corrected chi connectivity index (χ4v) is 4.77. The van der Waals surface area contributed by atoms with Gasteiger partial charge < -0.3 is 20.3 Å². The highest BCUT2D eigenvalue weighted by molar-refractivity contribution is 5.92. The smallest absolute Gasteiger partial charge is 0.257 e. The monoisotopic (exact) mass is 436 g/mol. The van der Waals surface area contributed by atoms with Gasteiger partial charge in [0.25, 0.3) is 5.91 Å². The third-order valence-electron chi connectivity index (χ3n) is 6.40. The van der Waals surface area contributed by atoms with E-state index in [-0.39, 0.29) is 5.91 Å². The molecule has 0 bridgehead atoms. The van der Waals surface area contributed by atoms with E-state index in [2.05, 4.69) is 21.9 Å². The molecule has 2 amide bonds. The second-order valence-corrected chi connectivity index (χ2v) is 8.88. The lowest BCUT2D eigenvalue weighted by Gasteiger charge is -2.47. The molecule has 2 atom stereocenters. The zero-order valence-electron chi connectivity index (χ0n) is 18.7. The van der Waals surface area contributed by atoms with E-state index in [1.807, 2.05) is 55.6 Å². The van der Waals surface area contributed by atoms with Crippen molar-refractivity contribution in [3.8, 4) is 0 Å². The number of hydrogen-bond donors (Lipinski definition) is 1. The molecule has 2 aliphatic heterocycles. The molecule has 0 aliphatic carbocycles. The summed E-state index contributed by atoms with van der Waals surface area (Å²) in [4.78, 5) is 32.3. The number of piperazine rings is 1. The minimum atomic E-state index is -1.02. The third-order valence-corrected chi connectivity index (χ3v) is 6.40. The summed E-state index contributed by atoms with van der Waals surface area (Å²) in [6.07, 6.45) is 0.465. The topological polar surface area (TPSA) is 79.1 Å². The summed E-state index contributed by atoms with van der Waals surface area (Å²) < 4.78 is 6.21. The average molecular weight is 437 g/mol. The molecule has 2 aromatic rings. The molecule has 0 radical (unpaired) electrons. The standard InChI is InChI=1S/C25H32N4O3/c1-27-14-15-32-25(19-27,16-20-8-4-2-5-9-20)24(31)29-13-12-28(18-22(29)23(26)30)17-21-10-6-3-7-11-21/h2-11,22H,12-19H2,1H3,(H2,26,30)/t22-,25+/m0/s1. The quantitative estimate of drug-likeness (QED) is 0.735. The maximum atomic E-state index is 14.0. The van der Waals surface area contributed by atoms with Crippen molar-refractivity contribution in [1.82, 2.24) is 14.7 Å². The number of primary amides is 1. The normalized spacial score (nSPS) is 24.9. The Morgan fingerprint density at radius 3 is 2.28 bits per heavy atom. The highest BCUT2D eigenvalue weighted by Crippen LogP contribution is 2.28. The summed E-state index contributed by atoms with van der Waals surface area (Å²) in [5, 5.41) is 0. The van der Waals surface area contributed by atoms with Gasteiger partial charge in [-0.05, 0) is 18.2 Å². The number of amides is 2. The van der Waals surface area contributed by atoms with Crippen molar-refractivity contribution in [2.45, 2.75) is 24.6 Å². The van der Waals surface area contributed by atoms with Gasteiger partial charge in [-0.1, -0.05) is 60.7 Å². The highest BCUT2D eigenvalue weighted by atomic mass is 16.5. The van der Waals surface area contributed by atoms with Crippen LogP contribution in [-0.2, 0) is 27.3 Å². The summed E-state index contributed by atoms with van der Waals surface area (Å²) in [7, 11) is 2.00.